The predicted molar refractivity (Wildman–Crippen MR) is 115 cm³/mol. The molecule has 0 bridgehead atoms. The van der Waals surface area contributed by atoms with Gasteiger partial charge in [-0.15, -0.1) is 0 Å². The zero-order valence-electron chi connectivity index (χ0n) is 16.8. The maximum atomic E-state index is 9.62. The minimum atomic E-state index is -0.106. The van der Waals surface area contributed by atoms with Crippen LogP contribution in [0.5, 0.6) is 0 Å². The number of rotatable bonds is 2. The highest BCUT2D eigenvalue weighted by Gasteiger charge is 2.32. The molecule has 3 aromatic rings. The van der Waals surface area contributed by atoms with Crippen LogP contribution in [0.25, 0.3) is 38.1 Å². The molecule has 1 aromatic carbocycles. The Morgan fingerprint density at radius 2 is 1.71 bits per heavy atom. The average Bonchev–Trinajstić information content (AvgIpc) is 3.39. The number of benzene rings is 1. The Kier molecular flexibility index (Phi) is 4.73. The molecule has 146 valence electrons. The van der Waals surface area contributed by atoms with Crippen LogP contribution in [-0.4, -0.2) is 9.55 Å². The Hall–Kier alpha value is -4.85. The van der Waals surface area contributed by atoms with Crippen LogP contribution in [0, 0.1) is 42.7 Å². The molecular weight excluding hydrogens is 388 g/mol. The molecule has 0 amide bonds. The molecule has 0 spiro atoms. The molecule has 0 fully saturated rings. The minimum absolute atomic E-state index is 0.106. The molecule has 0 radical (unpaired) electrons. The summed E-state index contributed by atoms with van der Waals surface area (Å²) in [4.78, 5) is 11.4. The van der Waals surface area contributed by atoms with Crippen LogP contribution in [0.1, 0.15) is 29.6 Å². The lowest BCUT2D eigenvalue weighted by molar-refractivity contribution is 0.568. The standard InChI is InChI=1S/C24H14N6O/c1-5-30-20-10-14(2)31-24(20)29-21(30)11-17-22(18(12-25)27-3)15-8-6-7-9-16(15)23(17)19(13-26)28-4/h6-11H,5H2,1-2H3/b22-18-,23-19-. The van der Waals surface area contributed by atoms with Crippen molar-refractivity contribution in [3.63, 3.8) is 0 Å². The van der Waals surface area contributed by atoms with Gasteiger partial charge in [0, 0.05) is 23.8 Å². The summed E-state index contributed by atoms with van der Waals surface area (Å²) < 4.78 is 7.61. The van der Waals surface area contributed by atoms with E-state index < -0.39 is 0 Å². The van der Waals surface area contributed by atoms with Crippen LogP contribution in [0.3, 0.4) is 0 Å². The maximum Gasteiger partial charge on any atom is 0.270 e. The van der Waals surface area contributed by atoms with Crippen molar-refractivity contribution in [1.82, 2.24) is 9.55 Å². The SMILES string of the molecule is [C-]#[N+]/C(C#N)=C1\C(=Cc2nc3oc(C)cc3n2CC)/C(=C(/C#N)[N+]#[C-])c2ccccc21. The van der Waals surface area contributed by atoms with Crippen LogP contribution >= 0.6 is 0 Å². The van der Waals surface area contributed by atoms with Gasteiger partial charge in [0.2, 0.25) is 5.71 Å². The summed E-state index contributed by atoms with van der Waals surface area (Å²) in [5.74, 6) is 1.30. The van der Waals surface area contributed by atoms with Gasteiger partial charge in [-0.05, 0) is 36.6 Å². The second kappa shape index (κ2) is 7.53. The zero-order chi connectivity index (χ0) is 22.1. The fraction of sp³-hybridized carbons (Fsp3) is 0.125. The summed E-state index contributed by atoms with van der Waals surface area (Å²) in [5.41, 5.74) is 3.64. The summed E-state index contributed by atoms with van der Waals surface area (Å²) in [6, 6.07) is 13.0. The van der Waals surface area contributed by atoms with Gasteiger partial charge in [0.25, 0.3) is 11.4 Å². The Labute approximate surface area is 178 Å². The zero-order valence-corrected chi connectivity index (χ0v) is 16.8. The molecule has 0 N–H and O–H groups in total. The van der Waals surface area contributed by atoms with Crippen molar-refractivity contribution >= 4 is 28.5 Å². The number of nitrogens with zero attached hydrogens (tertiary/aromatic N) is 6. The molecule has 0 saturated carbocycles. The number of aryl methyl sites for hydroxylation is 2. The third kappa shape index (κ3) is 2.90. The first kappa shape index (κ1) is 19.5. The van der Waals surface area contributed by atoms with Gasteiger partial charge >= 0.3 is 0 Å². The molecule has 0 saturated heterocycles. The van der Waals surface area contributed by atoms with E-state index in [1.807, 2.05) is 36.6 Å². The molecule has 2 heterocycles. The van der Waals surface area contributed by atoms with Crippen LogP contribution in [-0.2, 0) is 6.54 Å². The van der Waals surface area contributed by atoms with Crippen molar-refractivity contribution in [2.45, 2.75) is 20.4 Å². The number of hydrogen-bond donors (Lipinski definition) is 0. The van der Waals surface area contributed by atoms with Gasteiger partial charge in [-0.1, -0.05) is 24.3 Å². The number of hydrogen-bond acceptors (Lipinski definition) is 4. The van der Waals surface area contributed by atoms with Crippen molar-refractivity contribution in [3.05, 3.63) is 92.8 Å². The van der Waals surface area contributed by atoms with Crippen LogP contribution in [0.15, 0.2) is 51.7 Å². The number of furan rings is 1. The lowest BCUT2D eigenvalue weighted by atomic mass is 10.00. The van der Waals surface area contributed by atoms with Crippen molar-refractivity contribution in [2.75, 3.05) is 0 Å². The molecule has 7 heteroatoms. The van der Waals surface area contributed by atoms with E-state index in [0.717, 1.165) is 11.3 Å². The van der Waals surface area contributed by atoms with E-state index >= 15 is 0 Å². The van der Waals surface area contributed by atoms with Crippen molar-refractivity contribution in [3.8, 4) is 12.1 Å². The van der Waals surface area contributed by atoms with E-state index in [1.165, 1.54) is 0 Å². The molecule has 31 heavy (non-hydrogen) atoms. The average molecular weight is 402 g/mol. The molecule has 0 atom stereocenters. The summed E-state index contributed by atoms with van der Waals surface area (Å²) in [5, 5.41) is 19.2. The van der Waals surface area contributed by atoms with Gasteiger partial charge in [0.15, 0.2) is 0 Å². The van der Waals surface area contributed by atoms with Gasteiger partial charge < -0.3 is 8.98 Å². The first-order chi connectivity index (χ1) is 15.1. The van der Waals surface area contributed by atoms with Gasteiger partial charge in [-0.25, -0.2) is 20.2 Å². The number of allylic oxidation sites excluding steroid dienone is 5. The maximum absolute atomic E-state index is 9.62. The second-order valence-electron chi connectivity index (χ2n) is 6.76. The Morgan fingerprint density at radius 1 is 1.13 bits per heavy atom. The number of aromatic nitrogens is 2. The fourth-order valence-electron chi connectivity index (χ4n) is 3.88. The lowest BCUT2D eigenvalue weighted by Gasteiger charge is -2.07. The van der Waals surface area contributed by atoms with Gasteiger partial charge in [0.1, 0.15) is 17.1 Å². The Morgan fingerprint density at radius 3 is 2.19 bits per heavy atom. The van der Waals surface area contributed by atoms with Crippen molar-refractivity contribution in [2.24, 2.45) is 0 Å². The van der Waals surface area contributed by atoms with E-state index in [-0.39, 0.29) is 11.4 Å². The monoisotopic (exact) mass is 402 g/mol. The molecule has 1 aliphatic carbocycles. The Balaban J connectivity index is 2.13. The number of nitriles is 2. The third-order valence-electron chi connectivity index (χ3n) is 5.10. The topological polar surface area (TPSA) is 87.3 Å². The quantitative estimate of drug-likeness (QED) is 0.426. The van der Waals surface area contributed by atoms with Crippen LogP contribution in [0.2, 0.25) is 0 Å². The van der Waals surface area contributed by atoms with E-state index in [0.29, 0.717) is 45.9 Å². The van der Waals surface area contributed by atoms with E-state index in [9.17, 15) is 10.5 Å². The van der Waals surface area contributed by atoms with E-state index in [2.05, 4.69) is 14.7 Å². The molecular formula is C24H14N6O. The highest BCUT2D eigenvalue weighted by molar-refractivity contribution is 6.14. The van der Waals surface area contributed by atoms with E-state index in [4.69, 9.17) is 17.6 Å². The highest BCUT2D eigenvalue weighted by Crippen LogP contribution is 2.49. The summed E-state index contributed by atoms with van der Waals surface area (Å²) in [6.07, 6.45) is 1.73. The largest absolute Gasteiger partial charge is 0.442 e. The Bertz CT molecular complexity index is 1410. The predicted octanol–water partition coefficient (Wildman–Crippen LogP) is 5.36. The molecule has 0 unspecified atom stereocenters. The third-order valence-corrected chi connectivity index (χ3v) is 5.10. The summed E-state index contributed by atoms with van der Waals surface area (Å²) in [6.45, 7) is 19.4. The second-order valence-corrected chi connectivity index (χ2v) is 6.76. The summed E-state index contributed by atoms with van der Waals surface area (Å²) >= 11 is 0. The number of fused-ring (bicyclic) bond motifs is 2. The lowest BCUT2D eigenvalue weighted by Crippen LogP contribution is -1.98. The van der Waals surface area contributed by atoms with Crippen LogP contribution < -0.4 is 0 Å². The first-order valence-corrected chi connectivity index (χ1v) is 9.40. The molecule has 0 aliphatic heterocycles. The summed E-state index contributed by atoms with van der Waals surface area (Å²) in [7, 11) is 0. The molecule has 4 rings (SSSR count). The smallest absolute Gasteiger partial charge is 0.270 e. The van der Waals surface area contributed by atoms with Gasteiger partial charge in [0.05, 0.1) is 25.3 Å². The minimum Gasteiger partial charge on any atom is -0.442 e. The van der Waals surface area contributed by atoms with Crippen molar-refractivity contribution < 1.29 is 4.42 Å². The van der Waals surface area contributed by atoms with Gasteiger partial charge in [-0.2, -0.15) is 4.98 Å². The fourth-order valence-corrected chi connectivity index (χ4v) is 3.88. The van der Waals surface area contributed by atoms with Crippen molar-refractivity contribution in [1.29, 1.82) is 10.5 Å². The number of imidazole rings is 1. The molecule has 7 nitrogen and oxygen atoms in total. The highest BCUT2D eigenvalue weighted by atomic mass is 16.3. The van der Waals surface area contributed by atoms with E-state index in [1.54, 1.807) is 30.3 Å². The van der Waals surface area contributed by atoms with Crippen LogP contribution in [0.4, 0.5) is 0 Å². The first-order valence-electron chi connectivity index (χ1n) is 9.40. The molecule has 2 aromatic heterocycles. The van der Waals surface area contributed by atoms with Gasteiger partial charge in [-0.3, -0.25) is 0 Å². The molecule has 1 aliphatic rings. The normalized spacial score (nSPS) is 15.5.